The number of guanidine groups is 1. The molecule has 0 aliphatic heterocycles. The SMILES string of the molecule is CN=C(NCCNC(=O)C1CC1)NCC(C)Oc1cccc(F)c1.I. The van der Waals surface area contributed by atoms with Crippen LogP contribution in [-0.4, -0.2) is 44.7 Å². The molecule has 0 saturated heterocycles. The number of nitrogens with one attached hydrogen (secondary N) is 3. The minimum absolute atomic E-state index is 0. The molecule has 1 amide bonds. The van der Waals surface area contributed by atoms with E-state index in [4.69, 9.17) is 4.74 Å². The molecule has 140 valence electrons. The number of rotatable bonds is 8. The highest BCUT2D eigenvalue weighted by atomic mass is 127. The zero-order chi connectivity index (χ0) is 17.4. The molecule has 25 heavy (non-hydrogen) atoms. The summed E-state index contributed by atoms with van der Waals surface area (Å²) in [7, 11) is 1.68. The van der Waals surface area contributed by atoms with E-state index in [2.05, 4.69) is 20.9 Å². The van der Waals surface area contributed by atoms with Crippen molar-refractivity contribution in [3.05, 3.63) is 30.1 Å². The van der Waals surface area contributed by atoms with Crippen molar-refractivity contribution in [3.8, 4) is 5.75 Å². The van der Waals surface area contributed by atoms with E-state index in [0.29, 0.717) is 31.3 Å². The molecule has 6 nitrogen and oxygen atoms in total. The van der Waals surface area contributed by atoms with E-state index in [1.165, 1.54) is 12.1 Å². The number of carbonyl (C=O) groups excluding carboxylic acids is 1. The molecule has 0 bridgehead atoms. The number of ether oxygens (including phenoxy) is 1. The van der Waals surface area contributed by atoms with Crippen molar-refractivity contribution in [2.75, 3.05) is 26.7 Å². The summed E-state index contributed by atoms with van der Waals surface area (Å²) in [5.41, 5.74) is 0. The predicted octanol–water partition coefficient (Wildman–Crippen LogP) is 1.90. The van der Waals surface area contributed by atoms with Crippen LogP contribution in [0.3, 0.4) is 0 Å². The molecule has 1 saturated carbocycles. The van der Waals surface area contributed by atoms with E-state index in [0.717, 1.165) is 12.8 Å². The van der Waals surface area contributed by atoms with Gasteiger partial charge < -0.3 is 20.7 Å². The highest BCUT2D eigenvalue weighted by molar-refractivity contribution is 14.0. The molecule has 1 aliphatic rings. The Morgan fingerprint density at radius 2 is 2.04 bits per heavy atom. The lowest BCUT2D eigenvalue weighted by Gasteiger charge is -2.18. The largest absolute Gasteiger partial charge is 0.489 e. The van der Waals surface area contributed by atoms with Crippen LogP contribution in [0.25, 0.3) is 0 Å². The topological polar surface area (TPSA) is 74.8 Å². The minimum Gasteiger partial charge on any atom is -0.489 e. The maximum Gasteiger partial charge on any atom is 0.223 e. The molecular weight excluding hydrogens is 438 g/mol. The summed E-state index contributed by atoms with van der Waals surface area (Å²) in [4.78, 5) is 15.6. The zero-order valence-electron chi connectivity index (χ0n) is 14.5. The summed E-state index contributed by atoms with van der Waals surface area (Å²) in [5.74, 6) is 1.17. The van der Waals surface area contributed by atoms with Crippen molar-refractivity contribution in [1.82, 2.24) is 16.0 Å². The first-order valence-corrected chi connectivity index (χ1v) is 8.23. The number of aliphatic imine (C=N–C) groups is 1. The van der Waals surface area contributed by atoms with Crippen LogP contribution in [0.1, 0.15) is 19.8 Å². The Bertz CT molecular complexity index is 582. The first-order chi connectivity index (χ1) is 11.6. The van der Waals surface area contributed by atoms with Gasteiger partial charge in [0, 0.05) is 32.1 Å². The van der Waals surface area contributed by atoms with Crippen LogP contribution in [0.15, 0.2) is 29.3 Å². The summed E-state index contributed by atoms with van der Waals surface area (Å²) in [6.07, 6.45) is 1.86. The van der Waals surface area contributed by atoms with Gasteiger partial charge in [-0.05, 0) is 31.9 Å². The molecule has 0 aromatic heterocycles. The third kappa shape index (κ3) is 8.37. The fourth-order valence-electron chi connectivity index (χ4n) is 2.13. The van der Waals surface area contributed by atoms with Crippen LogP contribution in [0.2, 0.25) is 0 Å². The van der Waals surface area contributed by atoms with E-state index in [9.17, 15) is 9.18 Å². The van der Waals surface area contributed by atoms with Gasteiger partial charge in [-0.2, -0.15) is 0 Å². The molecule has 3 N–H and O–H groups in total. The first-order valence-electron chi connectivity index (χ1n) is 8.23. The Balaban J connectivity index is 0.00000312. The van der Waals surface area contributed by atoms with Crippen molar-refractivity contribution >= 4 is 35.8 Å². The third-order valence-electron chi connectivity index (χ3n) is 3.58. The number of amides is 1. The molecule has 1 unspecified atom stereocenters. The average molecular weight is 464 g/mol. The second-order valence-corrected chi connectivity index (χ2v) is 5.83. The molecule has 0 heterocycles. The highest BCUT2D eigenvalue weighted by Gasteiger charge is 2.28. The molecule has 0 radical (unpaired) electrons. The van der Waals surface area contributed by atoms with Gasteiger partial charge in [-0.15, -0.1) is 24.0 Å². The molecule has 0 spiro atoms. The van der Waals surface area contributed by atoms with Gasteiger partial charge in [0.05, 0.1) is 6.54 Å². The molecule has 1 aromatic carbocycles. The van der Waals surface area contributed by atoms with Crippen molar-refractivity contribution in [2.45, 2.75) is 25.9 Å². The summed E-state index contributed by atoms with van der Waals surface area (Å²) >= 11 is 0. The van der Waals surface area contributed by atoms with Gasteiger partial charge in [0.15, 0.2) is 5.96 Å². The number of hydrogen-bond acceptors (Lipinski definition) is 3. The fraction of sp³-hybridized carbons (Fsp3) is 0.529. The van der Waals surface area contributed by atoms with Crippen molar-refractivity contribution < 1.29 is 13.9 Å². The molecule has 1 fully saturated rings. The highest BCUT2D eigenvalue weighted by Crippen LogP contribution is 2.28. The average Bonchev–Trinajstić information content (AvgIpc) is 3.39. The molecule has 2 rings (SSSR count). The third-order valence-corrected chi connectivity index (χ3v) is 3.58. The van der Waals surface area contributed by atoms with Crippen LogP contribution in [0, 0.1) is 11.7 Å². The van der Waals surface area contributed by atoms with Gasteiger partial charge >= 0.3 is 0 Å². The zero-order valence-corrected chi connectivity index (χ0v) is 16.9. The Morgan fingerprint density at radius 1 is 1.32 bits per heavy atom. The molecular formula is C17H26FIN4O2. The van der Waals surface area contributed by atoms with E-state index in [1.54, 1.807) is 19.2 Å². The van der Waals surface area contributed by atoms with Gasteiger partial charge in [0.1, 0.15) is 17.7 Å². The molecule has 8 heteroatoms. The van der Waals surface area contributed by atoms with Gasteiger partial charge in [-0.25, -0.2) is 4.39 Å². The smallest absolute Gasteiger partial charge is 0.223 e. The minimum atomic E-state index is -0.321. The number of hydrogen-bond donors (Lipinski definition) is 3. The summed E-state index contributed by atoms with van der Waals surface area (Å²) in [5, 5.41) is 9.14. The summed E-state index contributed by atoms with van der Waals surface area (Å²) < 4.78 is 18.8. The van der Waals surface area contributed by atoms with Crippen LogP contribution >= 0.6 is 24.0 Å². The monoisotopic (exact) mass is 464 g/mol. The number of halogens is 2. The predicted molar refractivity (Wildman–Crippen MR) is 107 cm³/mol. The van der Waals surface area contributed by atoms with Crippen LogP contribution < -0.4 is 20.7 Å². The number of nitrogens with zero attached hydrogens (tertiary/aromatic N) is 1. The number of benzene rings is 1. The van der Waals surface area contributed by atoms with Crippen molar-refractivity contribution in [1.29, 1.82) is 0 Å². The summed E-state index contributed by atoms with van der Waals surface area (Å²) in [6, 6.07) is 6.06. The standard InChI is InChI=1S/C17H25FN4O2.HI/c1-12(24-15-5-3-4-14(18)10-15)11-22-17(19-2)21-9-8-20-16(23)13-6-7-13;/h3-5,10,12-13H,6-9,11H2,1-2H3,(H,20,23)(H2,19,21,22);1H. The van der Waals surface area contributed by atoms with E-state index in [1.807, 2.05) is 6.92 Å². The van der Waals surface area contributed by atoms with Crippen LogP contribution in [0.4, 0.5) is 4.39 Å². The molecule has 1 aliphatic carbocycles. The lowest BCUT2D eigenvalue weighted by molar-refractivity contribution is -0.122. The Kier molecular flexibility index (Phi) is 9.54. The fourth-order valence-corrected chi connectivity index (χ4v) is 2.13. The van der Waals surface area contributed by atoms with Crippen molar-refractivity contribution in [2.24, 2.45) is 10.9 Å². The lowest BCUT2D eigenvalue weighted by atomic mass is 10.3. The van der Waals surface area contributed by atoms with E-state index < -0.39 is 0 Å². The maximum atomic E-state index is 13.1. The van der Waals surface area contributed by atoms with Crippen molar-refractivity contribution in [3.63, 3.8) is 0 Å². The normalized spacial score (nSPS) is 14.9. The second kappa shape index (κ2) is 11.1. The Morgan fingerprint density at radius 3 is 2.68 bits per heavy atom. The van der Waals surface area contributed by atoms with E-state index in [-0.39, 0.29) is 47.7 Å². The maximum absolute atomic E-state index is 13.1. The molecule has 1 atom stereocenters. The van der Waals surface area contributed by atoms with Gasteiger partial charge in [-0.1, -0.05) is 6.07 Å². The Hall–Kier alpha value is -1.58. The van der Waals surface area contributed by atoms with Gasteiger partial charge in [0.25, 0.3) is 0 Å². The lowest BCUT2D eigenvalue weighted by Crippen LogP contribution is -2.44. The van der Waals surface area contributed by atoms with E-state index >= 15 is 0 Å². The first kappa shape index (κ1) is 21.5. The van der Waals surface area contributed by atoms with Gasteiger partial charge in [-0.3, -0.25) is 9.79 Å². The molecule has 1 aromatic rings. The number of carbonyl (C=O) groups is 1. The van der Waals surface area contributed by atoms with Gasteiger partial charge in [0.2, 0.25) is 5.91 Å². The quantitative estimate of drug-likeness (QED) is 0.238. The van der Waals surface area contributed by atoms with Crippen LogP contribution in [0.5, 0.6) is 5.75 Å². The summed E-state index contributed by atoms with van der Waals surface area (Å²) in [6.45, 7) is 3.56. The second-order valence-electron chi connectivity index (χ2n) is 5.83. The Labute approximate surface area is 165 Å². The van der Waals surface area contributed by atoms with Crippen LogP contribution in [-0.2, 0) is 4.79 Å².